The fourth-order valence-electron chi connectivity index (χ4n) is 1.69. The molecule has 1 amide bonds. The van der Waals surface area contributed by atoms with Gasteiger partial charge in [0.15, 0.2) is 11.5 Å². The van der Waals surface area contributed by atoms with Gasteiger partial charge in [-0.2, -0.15) is 0 Å². The number of phenolic OH excluding ortho intramolecular Hbond substituents is 2. The van der Waals surface area contributed by atoms with Crippen molar-refractivity contribution in [1.82, 2.24) is 0 Å². The zero-order valence-electron chi connectivity index (χ0n) is 10.8. The summed E-state index contributed by atoms with van der Waals surface area (Å²) in [5, 5.41) is 21.3. The number of carbonyl (C=O) groups is 1. The third-order valence-corrected chi connectivity index (χ3v) is 3.00. The van der Waals surface area contributed by atoms with Crippen LogP contribution in [0.5, 0.6) is 11.5 Å². The Morgan fingerprint density at radius 3 is 2.32 bits per heavy atom. The highest BCUT2D eigenvalue weighted by atomic mass is 16.3. The molecule has 98 valence electrons. The normalized spacial score (nSPS) is 10.2. The number of aromatic hydroxyl groups is 2. The van der Waals surface area contributed by atoms with Gasteiger partial charge in [-0.25, -0.2) is 0 Å². The van der Waals surface area contributed by atoms with E-state index in [0.717, 1.165) is 11.1 Å². The summed E-state index contributed by atoms with van der Waals surface area (Å²) >= 11 is 0. The third kappa shape index (κ3) is 2.85. The quantitative estimate of drug-likeness (QED) is 0.724. The van der Waals surface area contributed by atoms with E-state index in [-0.39, 0.29) is 23.0 Å². The van der Waals surface area contributed by atoms with Crippen LogP contribution in [-0.2, 0) is 0 Å². The van der Waals surface area contributed by atoms with Gasteiger partial charge >= 0.3 is 0 Å². The fourth-order valence-corrected chi connectivity index (χ4v) is 1.69. The van der Waals surface area contributed by atoms with Crippen molar-refractivity contribution in [3.05, 3.63) is 53.1 Å². The lowest BCUT2D eigenvalue weighted by Crippen LogP contribution is -2.11. The first kappa shape index (κ1) is 13.0. The molecular weight excluding hydrogens is 242 g/mol. The first-order chi connectivity index (χ1) is 8.97. The molecule has 4 heteroatoms. The number of rotatable bonds is 2. The van der Waals surface area contributed by atoms with E-state index in [2.05, 4.69) is 5.32 Å². The number of phenols is 2. The fraction of sp³-hybridized carbons (Fsp3) is 0.133. The summed E-state index contributed by atoms with van der Waals surface area (Å²) < 4.78 is 0. The van der Waals surface area contributed by atoms with Crippen molar-refractivity contribution in [2.24, 2.45) is 0 Å². The summed E-state index contributed by atoms with van der Waals surface area (Å²) in [5.74, 6) is -0.894. The van der Waals surface area contributed by atoms with Gasteiger partial charge in [-0.3, -0.25) is 4.79 Å². The first-order valence-corrected chi connectivity index (χ1v) is 5.88. The molecule has 4 nitrogen and oxygen atoms in total. The second kappa shape index (κ2) is 5.02. The van der Waals surface area contributed by atoms with Crippen molar-refractivity contribution < 1.29 is 15.0 Å². The van der Waals surface area contributed by atoms with Gasteiger partial charge in [0.25, 0.3) is 5.91 Å². The van der Waals surface area contributed by atoms with Crippen LogP contribution in [0.25, 0.3) is 0 Å². The average molecular weight is 257 g/mol. The van der Waals surface area contributed by atoms with Crippen molar-refractivity contribution in [3.8, 4) is 11.5 Å². The summed E-state index contributed by atoms with van der Waals surface area (Å²) in [6.07, 6.45) is 0. The van der Waals surface area contributed by atoms with Crippen LogP contribution in [0.4, 0.5) is 5.69 Å². The number of carbonyl (C=O) groups excluding carboxylic acids is 1. The number of amides is 1. The number of nitrogens with one attached hydrogen (secondary N) is 1. The maximum Gasteiger partial charge on any atom is 0.255 e. The number of hydrogen-bond donors (Lipinski definition) is 3. The van der Waals surface area contributed by atoms with Gasteiger partial charge in [-0.15, -0.1) is 0 Å². The summed E-state index contributed by atoms with van der Waals surface area (Å²) in [5.41, 5.74) is 3.22. The summed E-state index contributed by atoms with van der Waals surface area (Å²) in [6.45, 7) is 3.97. The smallest absolute Gasteiger partial charge is 0.255 e. The maximum absolute atomic E-state index is 12.0. The van der Waals surface area contributed by atoms with Crippen molar-refractivity contribution in [3.63, 3.8) is 0 Å². The van der Waals surface area contributed by atoms with Crippen LogP contribution >= 0.6 is 0 Å². The van der Waals surface area contributed by atoms with E-state index in [9.17, 15) is 15.0 Å². The number of benzene rings is 2. The van der Waals surface area contributed by atoms with E-state index in [1.807, 2.05) is 32.0 Å². The van der Waals surface area contributed by atoms with Crippen LogP contribution in [0, 0.1) is 13.8 Å². The van der Waals surface area contributed by atoms with E-state index in [1.54, 1.807) is 0 Å². The Kier molecular flexibility index (Phi) is 3.42. The molecule has 0 aliphatic carbocycles. The Morgan fingerprint density at radius 1 is 0.947 bits per heavy atom. The second-order valence-electron chi connectivity index (χ2n) is 4.46. The average Bonchev–Trinajstić information content (AvgIpc) is 2.37. The van der Waals surface area contributed by atoms with E-state index in [1.165, 1.54) is 18.2 Å². The highest BCUT2D eigenvalue weighted by molar-refractivity contribution is 6.04. The van der Waals surface area contributed by atoms with Crippen LogP contribution in [0.1, 0.15) is 21.5 Å². The minimum Gasteiger partial charge on any atom is -0.504 e. The zero-order chi connectivity index (χ0) is 14.0. The molecule has 0 saturated heterocycles. The lowest BCUT2D eigenvalue weighted by Gasteiger charge is -2.08. The Bertz CT molecular complexity index is 635. The molecule has 0 saturated carbocycles. The van der Waals surface area contributed by atoms with Gasteiger partial charge < -0.3 is 15.5 Å². The predicted octanol–water partition coefficient (Wildman–Crippen LogP) is 2.97. The standard InChI is InChI=1S/C15H15NO3/c1-9-3-5-12(7-10(9)2)16-15(19)11-4-6-13(17)14(18)8-11/h3-8,17-18H,1-2H3,(H,16,19). The van der Waals surface area contributed by atoms with Crippen LogP contribution in [0.3, 0.4) is 0 Å². The lowest BCUT2D eigenvalue weighted by molar-refractivity contribution is 0.102. The van der Waals surface area contributed by atoms with Crippen LogP contribution < -0.4 is 5.32 Å². The topological polar surface area (TPSA) is 69.6 Å². The van der Waals surface area contributed by atoms with Crippen molar-refractivity contribution >= 4 is 11.6 Å². The van der Waals surface area contributed by atoms with Gasteiger partial charge in [-0.1, -0.05) is 6.07 Å². The molecule has 0 aliphatic heterocycles. The van der Waals surface area contributed by atoms with Crippen LogP contribution in [0.15, 0.2) is 36.4 Å². The molecule has 0 unspecified atom stereocenters. The highest BCUT2D eigenvalue weighted by Crippen LogP contribution is 2.25. The Labute approximate surface area is 111 Å². The molecule has 0 radical (unpaired) electrons. The van der Waals surface area contributed by atoms with Gasteiger partial charge in [0.05, 0.1) is 0 Å². The molecule has 0 spiro atoms. The molecule has 0 fully saturated rings. The van der Waals surface area contributed by atoms with Gasteiger partial charge in [0.1, 0.15) is 0 Å². The second-order valence-corrected chi connectivity index (χ2v) is 4.46. The van der Waals surface area contributed by atoms with Gasteiger partial charge in [0.2, 0.25) is 0 Å². The summed E-state index contributed by atoms with van der Waals surface area (Å²) in [6, 6.07) is 9.59. The number of aryl methyl sites for hydroxylation is 2. The number of hydrogen-bond acceptors (Lipinski definition) is 3. The molecule has 0 aliphatic rings. The monoisotopic (exact) mass is 257 g/mol. The van der Waals surface area contributed by atoms with E-state index in [4.69, 9.17) is 0 Å². The van der Waals surface area contributed by atoms with Gasteiger partial charge in [-0.05, 0) is 55.3 Å². The minimum atomic E-state index is -0.335. The molecule has 2 rings (SSSR count). The molecular formula is C15H15NO3. The van der Waals surface area contributed by atoms with Gasteiger partial charge in [0, 0.05) is 11.3 Å². The highest BCUT2D eigenvalue weighted by Gasteiger charge is 2.09. The summed E-state index contributed by atoms with van der Waals surface area (Å²) in [4.78, 5) is 12.0. The molecule has 0 atom stereocenters. The van der Waals surface area contributed by atoms with E-state index in [0.29, 0.717) is 5.69 Å². The molecule has 19 heavy (non-hydrogen) atoms. The molecule has 0 aromatic heterocycles. The minimum absolute atomic E-state index is 0.247. The Morgan fingerprint density at radius 2 is 1.68 bits per heavy atom. The summed E-state index contributed by atoms with van der Waals surface area (Å²) in [7, 11) is 0. The van der Waals surface area contributed by atoms with Crippen molar-refractivity contribution in [1.29, 1.82) is 0 Å². The molecule has 2 aromatic carbocycles. The molecule has 0 heterocycles. The zero-order valence-corrected chi connectivity index (χ0v) is 10.8. The maximum atomic E-state index is 12.0. The largest absolute Gasteiger partial charge is 0.504 e. The van der Waals surface area contributed by atoms with E-state index < -0.39 is 0 Å². The van der Waals surface area contributed by atoms with Crippen molar-refractivity contribution in [2.45, 2.75) is 13.8 Å². The third-order valence-electron chi connectivity index (χ3n) is 3.00. The van der Waals surface area contributed by atoms with Crippen LogP contribution in [-0.4, -0.2) is 16.1 Å². The SMILES string of the molecule is Cc1ccc(NC(=O)c2ccc(O)c(O)c2)cc1C. The first-order valence-electron chi connectivity index (χ1n) is 5.88. The van der Waals surface area contributed by atoms with Crippen molar-refractivity contribution in [2.75, 3.05) is 5.32 Å². The Hall–Kier alpha value is -2.49. The Balaban J connectivity index is 2.20. The lowest BCUT2D eigenvalue weighted by atomic mass is 10.1. The van der Waals surface area contributed by atoms with Crippen LogP contribution in [0.2, 0.25) is 0 Å². The molecule has 2 aromatic rings. The number of anilines is 1. The molecule has 0 bridgehead atoms. The van der Waals surface area contributed by atoms with E-state index >= 15 is 0 Å². The predicted molar refractivity (Wildman–Crippen MR) is 73.6 cm³/mol. The molecule has 3 N–H and O–H groups in total.